The molecule has 0 fully saturated rings. The number of benzene rings is 9. The molecule has 9 aromatic carbocycles. The summed E-state index contributed by atoms with van der Waals surface area (Å²) < 4.78 is 196. The molecule has 0 aliphatic rings. The second-order valence-corrected chi connectivity index (χ2v) is 13.4. The SMILES string of the molecule is [2H]c1c([2H])c([2H])c2c(c1[2H])c1cc(-n3c4c([2H])c([2H])c([2H])c([2H])c4c4c(-n5c6c([2H])c([2H])c([2H])c([2H])c6c6c([2H])c([2H])c([2H])c([2H])c65)c([2H])c([2H])c([2H])c43)c([2H])c([2H])c1n2-c1cccc(-c2cccc(-c3ccccc3)c2)c1. The van der Waals surface area contributed by atoms with Crippen LogP contribution in [0.2, 0.25) is 0 Å². The van der Waals surface area contributed by atoms with Gasteiger partial charge in [0, 0.05) is 43.7 Å². The molecule has 0 saturated carbocycles. The van der Waals surface area contributed by atoms with Crippen LogP contribution >= 0.6 is 0 Å². The van der Waals surface area contributed by atoms with Crippen LogP contribution < -0.4 is 0 Å². The van der Waals surface area contributed by atoms with Crippen LogP contribution in [-0.2, 0) is 0 Å². The summed E-state index contributed by atoms with van der Waals surface area (Å²) in [5.74, 6) is 0. The molecule has 12 rings (SSSR count). The van der Waals surface area contributed by atoms with Crippen LogP contribution in [0, 0.1) is 0 Å². The molecular formula is C54H35N3. The largest absolute Gasteiger partial charge is 0.309 e. The van der Waals surface area contributed by atoms with Gasteiger partial charge in [-0.3, -0.25) is 0 Å². The summed E-state index contributed by atoms with van der Waals surface area (Å²) in [7, 11) is 0. The van der Waals surface area contributed by atoms with Gasteiger partial charge in [0.15, 0.2) is 0 Å². The predicted octanol–water partition coefficient (Wildman–Crippen LogP) is 14.3. The minimum atomic E-state index is -0.882. The zero-order valence-corrected chi connectivity index (χ0v) is 29.4. The molecule has 3 nitrogen and oxygen atoms in total. The van der Waals surface area contributed by atoms with Crippen molar-refractivity contribution >= 4 is 65.4 Å². The molecule has 0 saturated heterocycles. The summed E-state index contributed by atoms with van der Waals surface area (Å²) in [6.45, 7) is 0. The van der Waals surface area contributed by atoms with E-state index in [-0.39, 0.29) is 27.5 Å². The van der Waals surface area contributed by atoms with Crippen LogP contribution in [-0.4, -0.2) is 13.7 Å². The first kappa shape index (κ1) is 17.5. The molecule has 12 aromatic rings. The summed E-state index contributed by atoms with van der Waals surface area (Å²) in [5, 5.41) is -1.77. The molecule has 0 radical (unpaired) electrons. The van der Waals surface area contributed by atoms with E-state index in [0.29, 0.717) is 11.3 Å². The van der Waals surface area contributed by atoms with E-state index in [2.05, 4.69) is 0 Å². The third kappa shape index (κ3) is 4.79. The van der Waals surface area contributed by atoms with E-state index < -0.39 is 176 Å². The van der Waals surface area contributed by atoms with Gasteiger partial charge in [0.1, 0.15) is 0 Å². The Morgan fingerprint density at radius 3 is 1.49 bits per heavy atom. The second kappa shape index (κ2) is 12.5. The Morgan fingerprint density at radius 2 is 0.789 bits per heavy atom. The molecule has 3 heterocycles. The number of nitrogens with zero attached hydrogens (tertiary/aromatic N) is 3. The third-order valence-corrected chi connectivity index (χ3v) is 10.3. The average Bonchev–Trinajstić information content (AvgIpc) is 4.01. The highest BCUT2D eigenvalue weighted by Crippen LogP contribution is 2.41. The Balaban J connectivity index is 1.26. The molecule has 57 heavy (non-hydrogen) atoms. The first-order chi connectivity index (χ1) is 37.0. The maximum Gasteiger partial charge on any atom is 0.0646 e. The van der Waals surface area contributed by atoms with Crippen LogP contribution in [0.5, 0.6) is 0 Å². The lowest BCUT2D eigenvalue weighted by Crippen LogP contribution is -1.97. The van der Waals surface area contributed by atoms with Gasteiger partial charge in [-0.15, -0.1) is 0 Å². The van der Waals surface area contributed by atoms with Crippen LogP contribution in [0.25, 0.3) is 105 Å². The first-order valence-corrected chi connectivity index (χ1v) is 17.9. The number of aromatic nitrogens is 3. The highest BCUT2D eigenvalue weighted by molar-refractivity contribution is 6.17. The fourth-order valence-corrected chi connectivity index (χ4v) is 7.90. The van der Waals surface area contributed by atoms with Crippen molar-refractivity contribution in [2.75, 3.05) is 0 Å². The van der Waals surface area contributed by atoms with Gasteiger partial charge in [-0.2, -0.15) is 0 Å². The zero-order valence-electron chi connectivity index (χ0n) is 50.4. The van der Waals surface area contributed by atoms with Gasteiger partial charge in [0.05, 0.1) is 67.6 Å². The Hall–Kier alpha value is -7.62. The van der Waals surface area contributed by atoms with Crippen LogP contribution in [0.1, 0.15) is 28.8 Å². The Bertz CT molecular complexity index is 4670. The van der Waals surface area contributed by atoms with Crippen LogP contribution in [0.4, 0.5) is 0 Å². The fourth-order valence-electron chi connectivity index (χ4n) is 7.90. The average molecular weight is 747 g/mol. The summed E-state index contributed by atoms with van der Waals surface area (Å²) in [5.41, 5.74) is 0.747. The minimum Gasteiger partial charge on any atom is -0.309 e. The van der Waals surface area contributed by atoms with E-state index >= 15 is 0 Å². The summed E-state index contributed by atoms with van der Waals surface area (Å²) in [4.78, 5) is 0. The van der Waals surface area contributed by atoms with Gasteiger partial charge in [0.2, 0.25) is 0 Å². The number of hydrogen-bond donors (Lipinski definition) is 0. The molecule has 0 atom stereocenters. The zero-order chi connectivity index (χ0) is 55.7. The van der Waals surface area contributed by atoms with Crippen molar-refractivity contribution in [1.82, 2.24) is 13.7 Å². The normalized spacial score (nSPS) is 17.0. The van der Waals surface area contributed by atoms with E-state index in [1.54, 1.807) is 18.2 Å². The fraction of sp³-hybridized carbons (Fsp3) is 0. The molecule has 3 aromatic heterocycles. The highest BCUT2D eigenvalue weighted by Gasteiger charge is 2.20. The van der Waals surface area contributed by atoms with Gasteiger partial charge in [-0.05, 0) is 94.9 Å². The number of hydrogen-bond acceptors (Lipinski definition) is 0. The van der Waals surface area contributed by atoms with Crippen molar-refractivity contribution in [1.29, 1.82) is 0 Å². The number of rotatable bonds is 5. The van der Waals surface area contributed by atoms with Crippen molar-refractivity contribution in [3.8, 4) is 39.3 Å². The molecular weight excluding hydrogens is 691 g/mol. The Kier molecular flexibility index (Phi) is 3.81. The molecule has 3 heteroatoms. The third-order valence-electron chi connectivity index (χ3n) is 10.3. The molecule has 0 amide bonds. The maximum atomic E-state index is 9.91. The monoisotopic (exact) mass is 746 g/mol. The van der Waals surface area contributed by atoms with Crippen molar-refractivity contribution in [3.63, 3.8) is 0 Å². The lowest BCUT2D eigenvalue weighted by Gasteiger charge is -2.13. The smallest absolute Gasteiger partial charge is 0.0646 e. The van der Waals surface area contributed by atoms with Gasteiger partial charge >= 0.3 is 0 Å². The van der Waals surface area contributed by atoms with Gasteiger partial charge in [0.25, 0.3) is 0 Å². The lowest BCUT2D eigenvalue weighted by atomic mass is 9.99. The molecule has 0 N–H and O–H groups in total. The minimum absolute atomic E-state index is 0.0235. The molecule has 266 valence electrons. The molecule has 0 bridgehead atoms. The van der Waals surface area contributed by atoms with Crippen LogP contribution in [0.15, 0.2) is 212 Å². The molecule has 0 spiro atoms. The van der Waals surface area contributed by atoms with E-state index in [0.717, 1.165) is 25.8 Å². The van der Waals surface area contributed by atoms with Crippen LogP contribution in [0.3, 0.4) is 0 Å². The van der Waals surface area contributed by atoms with E-state index in [1.807, 2.05) is 60.7 Å². The topological polar surface area (TPSA) is 14.8 Å². The molecule has 0 aliphatic carbocycles. The van der Waals surface area contributed by atoms with E-state index in [4.69, 9.17) is 13.7 Å². The number of para-hydroxylation sites is 4. The predicted molar refractivity (Wildman–Crippen MR) is 240 cm³/mol. The van der Waals surface area contributed by atoms with Gasteiger partial charge in [-0.25, -0.2) is 0 Å². The lowest BCUT2D eigenvalue weighted by molar-refractivity contribution is 1.16. The van der Waals surface area contributed by atoms with E-state index in [1.165, 1.54) is 10.6 Å². The van der Waals surface area contributed by atoms with Crippen molar-refractivity contribution < 1.29 is 28.8 Å². The van der Waals surface area contributed by atoms with Crippen molar-refractivity contribution in [2.45, 2.75) is 0 Å². The Labute approximate surface area is 359 Å². The standard InChI is InChI=1S/C54H35N3/c1-2-15-36(16-3-1)37-17-12-18-38(33-37)39-19-13-20-40(34-39)55-47-25-8-6-23-44(47)46-35-41(31-32-51(46)55)56-50-28-11-7-24-45(50)54-52(56)29-14-30-53(54)57-48-26-9-4-21-42(48)43-22-5-10-27-49(43)57/h1-35H/i4D,5D,6D,7D,8D,9D,10D,11D,14D,21D,22D,23D,24D,25D,26D,27D,28D,29D,30D,31D,32D. The second-order valence-electron chi connectivity index (χ2n) is 13.4. The number of fused-ring (bicyclic) bond motifs is 9. The van der Waals surface area contributed by atoms with Crippen molar-refractivity contribution in [3.05, 3.63) is 212 Å². The highest BCUT2D eigenvalue weighted by atomic mass is 15.0. The van der Waals surface area contributed by atoms with E-state index in [9.17, 15) is 15.1 Å². The molecule has 0 unspecified atom stereocenters. The summed E-state index contributed by atoms with van der Waals surface area (Å²) >= 11 is 0. The van der Waals surface area contributed by atoms with Gasteiger partial charge < -0.3 is 13.7 Å². The quantitative estimate of drug-likeness (QED) is 0.167. The van der Waals surface area contributed by atoms with Gasteiger partial charge in [-0.1, -0.05) is 139 Å². The first-order valence-electron chi connectivity index (χ1n) is 28.4. The molecule has 0 aliphatic heterocycles. The Morgan fingerprint density at radius 1 is 0.298 bits per heavy atom. The van der Waals surface area contributed by atoms with Crippen molar-refractivity contribution in [2.24, 2.45) is 0 Å². The maximum absolute atomic E-state index is 9.91. The summed E-state index contributed by atoms with van der Waals surface area (Å²) in [6, 6.07) is 10.6. The summed E-state index contributed by atoms with van der Waals surface area (Å²) in [6.07, 6.45) is 0.